The van der Waals surface area contributed by atoms with Gasteiger partial charge >= 0.3 is 12.1 Å². The van der Waals surface area contributed by atoms with E-state index in [-0.39, 0.29) is 30.6 Å². The Morgan fingerprint density at radius 2 is 2.00 bits per heavy atom. The fourth-order valence-corrected chi connectivity index (χ4v) is 1.19. The molecule has 0 rings (SSSR count). The molecule has 0 atom stereocenters. The zero-order valence-corrected chi connectivity index (χ0v) is 8.71. The monoisotopic (exact) mass is 236 g/mol. The Bertz CT molecular complexity index is 246. The van der Waals surface area contributed by atoms with E-state index in [2.05, 4.69) is 15.8 Å². The third kappa shape index (κ3) is 10.5. The maximum absolute atomic E-state index is 11.0. The number of hydrogen-bond donors (Lipinski definition) is 3. The van der Waals surface area contributed by atoms with Crippen molar-refractivity contribution in [3.63, 3.8) is 0 Å². The van der Waals surface area contributed by atoms with E-state index < -0.39 is 12.1 Å². The molecule has 4 N–H and O–H groups in total. The minimum absolute atomic E-state index is 0.00463. The molecule has 0 bridgehead atoms. The van der Waals surface area contributed by atoms with Crippen LogP contribution in [0, 0.1) is 0 Å². The van der Waals surface area contributed by atoms with Gasteiger partial charge in [-0.3, -0.25) is 9.59 Å². The van der Waals surface area contributed by atoms with Gasteiger partial charge in [-0.05, 0) is 0 Å². The molecule has 0 aromatic carbocycles. The van der Waals surface area contributed by atoms with Crippen molar-refractivity contribution in [3.8, 4) is 0 Å². The van der Waals surface area contributed by atoms with Crippen LogP contribution in [0.25, 0.3) is 0 Å². The van der Waals surface area contributed by atoms with E-state index in [1.54, 1.807) is 0 Å². The standard InChI is InChI=1S/C7H12N2O5S/c8-7(13)14-2-1-9-5(10)3-15-4-6(11)12/h1-4H2,(H2,8,13)(H,9,10)(H,11,12). The number of nitrogens with two attached hydrogens (primary N) is 1. The van der Waals surface area contributed by atoms with Crippen molar-refractivity contribution >= 4 is 29.7 Å². The van der Waals surface area contributed by atoms with Crippen LogP contribution in [0.3, 0.4) is 0 Å². The van der Waals surface area contributed by atoms with Gasteiger partial charge in [0.2, 0.25) is 5.91 Å². The van der Waals surface area contributed by atoms with Crippen molar-refractivity contribution in [2.24, 2.45) is 5.73 Å². The zero-order valence-electron chi connectivity index (χ0n) is 7.89. The number of rotatable bonds is 7. The van der Waals surface area contributed by atoms with E-state index in [9.17, 15) is 14.4 Å². The van der Waals surface area contributed by atoms with Gasteiger partial charge in [-0.25, -0.2) is 4.79 Å². The van der Waals surface area contributed by atoms with Crippen LogP contribution in [0.2, 0.25) is 0 Å². The molecule has 8 heteroatoms. The summed E-state index contributed by atoms with van der Waals surface area (Å²) in [6.45, 7) is 0.167. The summed E-state index contributed by atoms with van der Waals surface area (Å²) in [7, 11) is 0. The zero-order chi connectivity index (χ0) is 11.7. The molecule has 15 heavy (non-hydrogen) atoms. The van der Waals surface area contributed by atoms with Crippen LogP contribution in [0.4, 0.5) is 4.79 Å². The molecule has 0 aliphatic rings. The summed E-state index contributed by atoms with van der Waals surface area (Å²) in [5.74, 6) is -1.34. The molecule has 86 valence electrons. The van der Waals surface area contributed by atoms with Crippen LogP contribution in [0.5, 0.6) is 0 Å². The minimum Gasteiger partial charge on any atom is -0.481 e. The van der Waals surface area contributed by atoms with Crippen LogP contribution in [-0.2, 0) is 14.3 Å². The first-order valence-corrected chi connectivity index (χ1v) is 5.16. The topological polar surface area (TPSA) is 119 Å². The molecule has 2 amide bonds. The smallest absolute Gasteiger partial charge is 0.404 e. The molecule has 0 heterocycles. The van der Waals surface area contributed by atoms with E-state index >= 15 is 0 Å². The summed E-state index contributed by atoms with van der Waals surface area (Å²) in [5, 5.41) is 10.7. The fourth-order valence-electron chi connectivity index (χ4n) is 0.624. The fraction of sp³-hybridized carbons (Fsp3) is 0.571. The number of carbonyl (C=O) groups is 3. The molecular formula is C7H12N2O5S. The lowest BCUT2D eigenvalue weighted by atomic mass is 10.6. The summed E-state index contributed by atoms with van der Waals surface area (Å²) in [6, 6.07) is 0. The number of nitrogens with one attached hydrogen (secondary N) is 1. The molecule has 0 saturated carbocycles. The first-order valence-electron chi connectivity index (χ1n) is 4.01. The Hall–Kier alpha value is -1.44. The lowest BCUT2D eigenvalue weighted by molar-refractivity contribution is -0.133. The average Bonchev–Trinajstić information content (AvgIpc) is 2.11. The normalized spacial score (nSPS) is 9.33. The van der Waals surface area contributed by atoms with Crippen molar-refractivity contribution in [2.45, 2.75) is 0 Å². The highest BCUT2D eigenvalue weighted by molar-refractivity contribution is 8.00. The maximum Gasteiger partial charge on any atom is 0.404 e. The maximum atomic E-state index is 11.0. The van der Waals surface area contributed by atoms with Gasteiger partial charge < -0.3 is 20.9 Å². The number of thioether (sulfide) groups is 1. The summed E-state index contributed by atoms with van der Waals surface area (Å²) in [5.41, 5.74) is 4.68. The van der Waals surface area contributed by atoms with E-state index in [4.69, 9.17) is 5.11 Å². The summed E-state index contributed by atoms with van der Waals surface area (Å²) in [4.78, 5) is 31.2. The van der Waals surface area contributed by atoms with Crippen molar-refractivity contribution in [3.05, 3.63) is 0 Å². The molecule has 0 fully saturated rings. The molecule has 0 aromatic heterocycles. The first kappa shape index (κ1) is 13.6. The Morgan fingerprint density at radius 1 is 1.33 bits per heavy atom. The summed E-state index contributed by atoms with van der Waals surface area (Å²) in [6.07, 6.45) is -0.899. The molecule has 0 aliphatic heterocycles. The molecule has 0 aromatic rings. The lowest BCUT2D eigenvalue weighted by Gasteiger charge is -2.04. The molecular weight excluding hydrogens is 224 g/mol. The van der Waals surface area contributed by atoms with Crippen molar-refractivity contribution in [1.29, 1.82) is 0 Å². The molecule has 0 spiro atoms. The predicted octanol–water partition coefficient (Wildman–Crippen LogP) is -0.984. The number of carboxylic acids is 1. The lowest BCUT2D eigenvalue weighted by Crippen LogP contribution is -2.30. The quantitative estimate of drug-likeness (QED) is 0.489. The largest absolute Gasteiger partial charge is 0.481 e. The van der Waals surface area contributed by atoms with E-state index in [1.165, 1.54) is 0 Å². The van der Waals surface area contributed by atoms with Gasteiger partial charge in [-0.15, -0.1) is 11.8 Å². The average molecular weight is 236 g/mol. The first-order chi connectivity index (χ1) is 7.02. The van der Waals surface area contributed by atoms with Gasteiger partial charge in [-0.1, -0.05) is 0 Å². The summed E-state index contributed by atoms with van der Waals surface area (Å²) < 4.78 is 4.36. The molecule has 0 unspecified atom stereocenters. The second-order valence-corrected chi connectivity index (χ2v) is 3.39. The number of carbonyl (C=O) groups excluding carboxylic acids is 2. The third-order valence-corrected chi connectivity index (χ3v) is 2.04. The highest BCUT2D eigenvalue weighted by Crippen LogP contribution is 1.97. The second kappa shape index (κ2) is 7.92. The number of ether oxygens (including phenoxy) is 1. The predicted molar refractivity (Wildman–Crippen MR) is 53.5 cm³/mol. The van der Waals surface area contributed by atoms with Crippen molar-refractivity contribution < 1.29 is 24.2 Å². The number of amides is 2. The van der Waals surface area contributed by atoms with Crippen LogP contribution in [0.1, 0.15) is 0 Å². The minimum atomic E-state index is -0.968. The van der Waals surface area contributed by atoms with Crippen LogP contribution in [0.15, 0.2) is 0 Å². The van der Waals surface area contributed by atoms with Crippen LogP contribution in [-0.4, -0.2) is 47.7 Å². The summed E-state index contributed by atoms with van der Waals surface area (Å²) >= 11 is 0.990. The van der Waals surface area contributed by atoms with Crippen LogP contribution < -0.4 is 11.1 Å². The molecule has 0 radical (unpaired) electrons. The van der Waals surface area contributed by atoms with Gasteiger partial charge in [0.1, 0.15) is 6.61 Å². The Kier molecular flexibility index (Phi) is 7.16. The van der Waals surface area contributed by atoms with E-state index in [0.717, 1.165) is 11.8 Å². The highest BCUT2D eigenvalue weighted by atomic mass is 32.2. The number of aliphatic carboxylic acids is 1. The second-order valence-electron chi connectivity index (χ2n) is 2.40. The van der Waals surface area contributed by atoms with E-state index in [1.807, 2.05) is 0 Å². The Balaban J connectivity index is 3.33. The Labute approximate surface area is 90.3 Å². The van der Waals surface area contributed by atoms with E-state index in [0.29, 0.717) is 0 Å². The van der Waals surface area contributed by atoms with Gasteiger partial charge in [-0.2, -0.15) is 0 Å². The molecule has 0 aliphatic carbocycles. The Morgan fingerprint density at radius 3 is 2.53 bits per heavy atom. The van der Waals surface area contributed by atoms with Crippen LogP contribution >= 0.6 is 11.8 Å². The van der Waals surface area contributed by atoms with Crippen molar-refractivity contribution in [1.82, 2.24) is 5.32 Å². The number of carboxylic acid groups (broad SMARTS) is 1. The van der Waals surface area contributed by atoms with Crippen molar-refractivity contribution in [2.75, 3.05) is 24.7 Å². The van der Waals surface area contributed by atoms with Gasteiger partial charge in [0.05, 0.1) is 18.1 Å². The number of hydrogen-bond acceptors (Lipinski definition) is 5. The van der Waals surface area contributed by atoms with Gasteiger partial charge in [0.15, 0.2) is 0 Å². The molecule has 0 saturated heterocycles. The van der Waals surface area contributed by atoms with Gasteiger partial charge in [0.25, 0.3) is 0 Å². The molecule has 7 nitrogen and oxygen atoms in total. The highest BCUT2D eigenvalue weighted by Gasteiger charge is 2.03. The number of primary amides is 1. The third-order valence-electron chi connectivity index (χ3n) is 1.13. The van der Waals surface area contributed by atoms with Gasteiger partial charge in [0, 0.05) is 0 Å². The SMILES string of the molecule is NC(=O)OCCNC(=O)CSCC(=O)O.